The molecule has 0 heterocycles. The lowest BCUT2D eigenvalue weighted by Crippen LogP contribution is -2.06. The maximum Gasteiger partial charge on any atom is 0.0478 e. The van der Waals surface area contributed by atoms with Gasteiger partial charge in [-0.1, -0.05) is 70.9 Å². The van der Waals surface area contributed by atoms with Crippen LogP contribution in [0.5, 0.6) is 0 Å². The minimum atomic E-state index is 0.238. The fourth-order valence-electron chi connectivity index (χ4n) is 2.54. The van der Waals surface area contributed by atoms with Crippen LogP contribution < -0.4 is 0 Å². The molecule has 2 atom stereocenters. The van der Waals surface area contributed by atoms with Crippen LogP contribution in [0, 0.1) is 13.8 Å². The zero-order chi connectivity index (χ0) is 14.7. The fourth-order valence-corrected chi connectivity index (χ4v) is 4.07. The van der Waals surface area contributed by atoms with E-state index in [2.05, 4.69) is 79.2 Å². The van der Waals surface area contributed by atoms with Crippen molar-refractivity contribution < 1.29 is 0 Å². The topological polar surface area (TPSA) is 0 Å². The molecule has 0 N–H and O–H groups in total. The van der Waals surface area contributed by atoms with Crippen molar-refractivity contribution in [1.82, 2.24) is 0 Å². The Hall–Kier alpha value is -0.790. The summed E-state index contributed by atoms with van der Waals surface area (Å²) in [6, 6.07) is 14.9. The molecule has 0 aliphatic heterocycles. The molecule has 0 amide bonds. The van der Waals surface area contributed by atoms with E-state index in [9.17, 15) is 0 Å². The molecular weight excluding hydrogens is 332 g/mol. The normalized spacial score (nSPS) is 14.1. The third-order valence-electron chi connectivity index (χ3n) is 3.93. The van der Waals surface area contributed by atoms with Crippen LogP contribution >= 0.6 is 27.5 Å². The molecule has 0 radical (unpaired) electrons. The van der Waals surface area contributed by atoms with E-state index in [1.807, 2.05) is 0 Å². The maximum atomic E-state index is 6.45. The number of rotatable bonds is 4. The number of alkyl halides is 1. The van der Waals surface area contributed by atoms with E-state index in [1.165, 1.54) is 22.3 Å². The first-order valence-electron chi connectivity index (χ1n) is 7.00. The largest absolute Gasteiger partial charge is 0.0840 e. The highest BCUT2D eigenvalue weighted by Crippen LogP contribution is 2.43. The minimum absolute atomic E-state index is 0.238. The molecule has 2 unspecified atom stereocenters. The van der Waals surface area contributed by atoms with Gasteiger partial charge in [-0.15, -0.1) is 0 Å². The highest BCUT2D eigenvalue weighted by molar-refractivity contribution is 9.09. The molecule has 2 rings (SSSR count). The van der Waals surface area contributed by atoms with Crippen LogP contribution in [0.3, 0.4) is 0 Å². The van der Waals surface area contributed by atoms with Gasteiger partial charge in [0.15, 0.2) is 0 Å². The number of halogens is 2. The quantitative estimate of drug-likeness (QED) is 0.545. The molecule has 0 aromatic heterocycles. The van der Waals surface area contributed by atoms with Crippen LogP contribution in [0.2, 0.25) is 5.02 Å². The van der Waals surface area contributed by atoms with Gasteiger partial charge in [0, 0.05) is 15.8 Å². The zero-order valence-corrected chi connectivity index (χ0v) is 14.5. The summed E-state index contributed by atoms with van der Waals surface area (Å²) in [4.78, 5) is 0.238. The summed E-state index contributed by atoms with van der Waals surface area (Å²) in [5.41, 5.74) is 5.07. The molecule has 106 valence electrons. The second-order valence-electron chi connectivity index (χ2n) is 5.29. The van der Waals surface area contributed by atoms with Crippen LogP contribution in [0.25, 0.3) is 0 Å². The average Bonchev–Trinajstić information content (AvgIpc) is 2.44. The Balaban J connectivity index is 2.39. The summed E-state index contributed by atoms with van der Waals surface area (Å²) < 4.78 is 0. The Bertz CT molecular complexity index is 577. The van der Waals surface area contributed by atoms with Gasteiger partial charge in [-0.2, -0.15) is 0 Å². The number of hydrogen-bond donors (Lipinski definition) is 0. The Morgan fingerprint density at radius 3 is 2.25 bits per heavy atom. The second kappa shape index (κ2) is 6.78. The van der Waals surface area contributed by atoms with Crippen molar-refractivity contribution in [2.45, 2.75) is 37.9 Å². The highest BCUT2D eigenvalue weighted by Gasteiger charge is 2.23. The van der Waals surface area contributed by atoms with Crippen molar-refractivity contribution in [3.8, 4) is 0 Å². The van der Waals surface area contributed by atoms with Gasteiger partial charge in [-0.05, 0) is 48.6 Å². The molecule has 2 aromatic carbocycles. The summed E-state index contributed by atoms with van der Waals surface area (Å²) in [6.07, 6.45) is 1.07. The predicted molar refractivity (Wildman–Crippen MR) is 92.1 cm³/mol. The van der Waals surface area contributed by atoms with Crippen LogP contribution in [0.15, 0.2) is 42.5 Å². The van der Waals surface area contributed by atoms with E-state index in [0.29, 0.717) is 5.92 Å². The molecule has 0 fully saturated rings. The van der Waals surface area contributed by atoms with Gasteiger partial charge in [0.25, 0.3) is 0 Å². The van der Waals surface area contributed by atoms with Crippen LogP contribution in [0.1, 0.15) is 46.3 Å². The summed E-state index contributed by atoms with van der Waals surface area (Å²) in [6.45, 7) is 6.46. The lowest BCUT2D eigenvalue weighted by molar-refractivity contribution is 0.655. The molecule has 0 aliphatic carbocycles. The van der Waals surface area contributed by atoms with Crippen molar-refractivity contribution in [2.24, 2.45) is 0 Å². The summed E-state index contributed by atoms with van der Waals surface area (Å²) in [5.74, 6) is 0.427. The average molecular weight is 352 g/mol. The van der Waals surface area contributed by atoms with E-state index in [1.54, 1.807) is 0 Å². The maximum absolute atomic E-state index is 6.45. The van der Waals surface area contributed by atoms with E-state index >= 15 is 0 Å². The molecule has 2 aromatic rings. The number of aryl methyl sites for hydroxylation is 2. The third kappa shape index (κ3) is 3.27. The zero-order valence-electron chi connectivity index (χ0n) is 12.2. The lowest BCUT2D eigenvalue weighted by atomic mass is 9.89. The Labute approximate surface area is 135 Å². The molecule has 0 saturated carbocycles. The highest BCUT2D eigenvalue weighted by atomic mass is 79.9. The van der Waals surface area contributed by atoms with Crippen molar-refractivity contribution in [3.05, 3.63) is 69.7 Å². The third-order valence-corrected chi connectivity index (χ3v) is 5.39. The van der Waals surface area contributed by atoms with E-state index in [4.69, 9.17) is 11.6 Å². The van der Waals surface area contributed by atoms with Gasteiger partial charge in [0.2, 0.25) is 0 Å². The van der Waals surface area contributed by atoms with Gasteiger partial charge >= 0.3 is 0 Å². The molecular formula is C18H20BrCl. The molecule has 20 heavy (non-hydrogen) atoms. The van der Waals surface area contributed by atoms with Gasteiger partial charge in [0.1, 0.15) is 0 Å². The van der Waals surface area contributed by atoms with Crippen LogP contribution in [-0.2, 0) is 0 Å². The molecule has 0 saturated heterocycles. The van der Waals surface area contributed by atoms with E-state index in [0.717, 1.165) is 11.4 Å². The van der Waals surface area contributed by atoms with Crippen molar-refractivity contribution in [3.63, 3.8) is 0 Å². The standard InChI is InChI=1S/C18H20BrCl/c1-4-15(14-8-6-5-7-9-14)18(19)16-10-12(2)13(3)11-17(16)20/h5-11,15,18H,4H2,1-3H3. The van der Waals surface area contributed by atoms with E-state index in [-0.39, 0.29) is 4.83 Å². The summed E-state index contributed by atoms with van der Waals surface area (Å²) in [5, 5.41) is 0.851. The van der Waals surface area contributed by atoms with Gasteiger partial charge in [-0.25, -0.2) is 0 Å². The smallest absolute Gasteiger partial charge is 0.0478 e. The Kier molecular flexibility index (Phi) is 5.29. The van der Waals surface area contributed by atoms with Crippen molar-refractivity contribution in [1.29, 1.82) is 0 Å². The number of benzene rings is 2. The molecule has 0 bridgehead atoms. The van der Waals surface area contributed by atoms with Crippen LogP contribution in [0.4, 0.5) is 0 Å². The minimum Gasteiger partial charge on any atom is -0.0840 e. The Morgan fingerprint density at radius 1 is 1.05 bits per heavy atom. The monoisotopic (exact) mass is 350 g/mol. The SMILES string of the molecule is CCC(c1ccccc1)C(Br)c1cc(C)c(C)cc1Cl. The van der Waals surface area contributed by atoms with Crippen molar-refractivity contribution in [2.75, 3.05) is 0 Å². The molecule has 0 spiro atoms. The van der Waals surface area contributed by atoms with Crippen molar-refractivity contribution >= 4 is 27.5 Å². The predicted octanol–water partition coefficient (Wildman–Crippen LogP) is 6.59. The van der Waals surface area contributed by atoms with Gasteiger partial charge in [-0.3, -0.25) is 0 Å². The number of hydrogen-bond acceptors (Lipinski definition) is 0. The molecule has 0 nitrogen and oxygen atoms in total. The van der Waals surface area contributed by atoms with Gasteiger partial charge in [0.05, 0.1) is 0 Å². The molecule has 0 aliphatic rings. The fraction of sp³-hybridized carbons (Fsp3) is 0.333. The van der Waals surface area contributed by atoms with E-state index < -0.39 is 0 Å². The summed E-state index contributed by atoms with van der Waals surface area (Å²) in [7, 11) is 0. The second-order valence-corrected chi connectivity index (χ2v) is 6.68. The van der Waals surface area contributed by atoms with Gasteiger partial charge < -0.3 is 0 Å². The first-order valence-corrected chi connectivity index (χ1v) is 8.29. The first kappa shape index (κ1) is 15.6. The summed E-state index contributed by atoms with van der Waals surface area (Å²) >= 11 is 10.3. The Morgan fingerprint density at radius 2 is 1.65 bits per heavy atom. The van der Waals surface area contributed by atoms with Crippen LogP contribution in [-0.4, -0.2) is 0 Å². The molecule has 2 heteroatoms. The lowest BCUT2D eigenvalue weighted by Gasteiger charge is -2.24. The first-order chi connectivity index (χ1) is 9.54.